The summed E-state index contributed by atoms with van der Waals surface area (Å²) in [6.45, 7) is -1.84. The first-order valence-electron chi connectivity index (χ1n) is 8.69. The predicted octanol–water partition coefficient (Wildman–Crippen LogP) is 2.74. The van der Waals surface area contributed by atoms with Crippen molar-refractivity contribution in [2.75, 3.05) is 18.5 Å². The number of rotatable bonds is 5. The molecule has 1 aromatic rings. The Morgan fingerprint density at radius 3 is 2.37 bits per heavy atom. The van der Waals surface area contributed by atoms with Crippen LogP contribution in [0, 0.1) is 11.8 Å². The highest BCUT2D eigenvalue weighted by Crippen LogP contribution is 2.37. The van der Waals surface area contributed by atoms with Gasteiger partial charge in [0.15, 0.2) is 6.61 Å². The molecule has 6 nitrogen and oxygen atoms in total. The standard InChI is InChI=1S/C18H19F3N2O4/c19-18(20,21)10-27-12-5-3-4-11(8-12)22-15(24)9-23-16(25)13-6-1-2-7-14(13)17(23)26/h3-5,8,13-14H,1-2,6-7,9-10H2,(H,22,24). The first-order valence-corrected chi connectivity index (χ1v) is 8.69. The number of ether oxygens (including phenoxy) is 1. The van der Waals surface area contributed by atoms with E-state index in [1.165, 1.54) is 24.3 Å². The van der Waals surface area contributed by atoms with Gasteiger partial charge in [-0.1, -0.05) is 18.9 Å². The zero-order valence-corrected chi connectivity index (χ0v) is 14.4. The number of hydrogen-bond acceptors (Lipinski definition) is 4. The molecule has 1 aliphatic carbocycles. The third-order valence-corrected chi connectivity index (χ3v) is 4.75. The Labute approximate surface area is 153 Å². The lowest BCUT2D eigenvalue weighted by Gasteiger charge is -2.19. The first kappa shape index (κ1) is 19.2. The fourth-order valence-corrected chi connectivity index (χ4v) is 3.56. The van der Waals surface area contributed by atoms with Crippen LogP contribution in [0.4, 0.5) is 18.9 Å². The van der Waals surface area contributed by atoms with Crippen LogP contribution in [0.5, 0.6) is 5.75 Å². The minimum Gasteiger partial charge on any atom is -0.484 e. The number of amides is 3. The number of fused-ring (bicyclic) bond motifs is 1. The SMILES string of the molecule is O=C(CN1C(=O)C2CCCCC2C1=O)Nc1cccc(OCC(F)(F)F)c1. The maximum absolute atomic E-state index is 12.4. The van der Waals surface area contributed by atoms with E-state index in [0.717, 1.165) is 17.7 Å². The second-order valence-corrected chi connectivity index (χ2v) is 6.74. The maximum Gasteiger partial charge on any atom is 0.422 e. The van der Waals surface area contributed by atoms with Gasteiger partial charge in [0.1, 0.15) is 12.3 Å². The Morgan fingerprint density at radius 1 is 1.15 bits per heavy atom. The molecule has 1 N–H and O–H groups in total. The lowest BCUT2D eigenvalue weighted by molar-refractivity contribution is -0.153. The average molecular weight is 384 g/mol. The highest BCUT2D eigenvalue weighted by atomic mass is 19.4. The number of carbonyl (C=O) groups excluding carboxylic acids is 3. The Kier molecular flexibility index (Phi) is 5.38. The average Bonchev–Trinajstić information content (AvgIpc) is 2.85. The predicted molar refractivity (Wildman–Crippen MR) is 88.8 cm³/mol. The summed E-state index contributed by atoms with van der Waals surface area (Å²) < 4.78 is 41.3. The molecule has 1 aromatic carbocycles. The van der Waals surface area contributed by atoms with Crippen molar-refractivity contribution in [2.24, 2.45) is 11.8 Å². The molecule has 0 spiro atoms. The molecule has 1 saturated carbocycles. The van der Waals surface area contributed by atoms with Crippen molar-refractivity contribution in [1.29, 1.82) is 0 Å². The molecule has 2 fully saturated rings. The largest absolute Gasteiger partial charge is 0.484 e. The fourth-order valence-electron chi connectivity index (χ4n) is 3.56. The van der Waals surface area contributed by atoms with E-state index in [1.807, 2.05) is 0 Å². The summed E-state index contributed by atoms with van der Waals surface area (Å²) >= 11 is 0. The van der Waals surface area contributed by atoms with Crippen molar-refractivity contribution in [3.63, 3.8) is 0 Å². The zero-order valence-electron chi connectivity index (χ0n) is 14.4. The molecule has 2 atom stereocenters. The molecule has 146 valence electrons. The van der Waals surface area contributed by atoms with Crippen LogP contribution in [0.1, 0.15) is 25.7 Å². The van der Waals surface area contributed by atoms with Crippen molar-refractivity contribution in [3.8, 4) is 5.75 Å². The van der Waals surface area contributed by atoms with E-state index in [-0.39, 0.29) is 35.1 Å². The molecule has 3 amide bonds. The topological polar surface area (TPSA) is 75.7 Å². The van der Waals surface area contributed by atoms with Crippen molar-refractivity contribution < 1.29 is 32.3 Å². The number of benzene rings is 1. The lowest BCUT2D eigenvalue weighted by Crippen LogP contribution is -2.38. The van der Waals surface area contributed by atoms with Gasteiger partial charge in [-0.2, -0.15) is 13.2 Å². The minimum absolute atomic E-state index is 0.0514. The highest BCUT2D eigenvalue weighted by Gasteiger charge is 2.48. The molecule has 27 heavy (non-hydrogen) atoms. The number of likely N-dealkylation sites (tertiary alicyclic amines) is 1. The molecule has 1 saturated heterocycles. The molecule has 1 heterocycles. The number of imide groups is 1. The first-order chi connectivity index (χ1) is 12.7. The normalized spacial score (nSPS) is 22.6. The molecular formula is C18H19F3N2O4. The summed E-state index contributed by atoms with van der Waals surface area (Å²) in [7, 11) is 0. The van der Waals surface area contributed by atoms with Crippen molar-refractivity contribution >= 4 is 23.4 Å². The van der Waals surface area contributed by atoms with Crippen LogP contribution in [0.2, 0.25) is 0 Å². The summed E-state index contributed by atoms with van der Waals surface area (Å²) in [6.07, 6.45) is -1.36. The van der Waals surface area contributed by atoms with Crippen molar-refractivity contribution in [3.05, 3.63) is 24.3 Å². The van der Waals surface area contributed by atoms with E-state index in [0.29, 0.717) is 12.8 Å². The Balaban J connectivity index is 1.59. The van der Waals surface area contributed by atoms with Gasteiger partial charge >= 0.3 is 6.18 Å². The minimum atomic E-state index is -4.47. The number of nitrogens with zero attached hydrogens (tertiary/aromatic N) is 1. The molecule has 1 aliphatic heterocycles. The highest BCUT2D eigenvalue weighted by molar-refractivity contribution is 6.08. The number of nitrogens with one attached hydrogen (secondary N) is 1. The van der Waals surface area contributed by atoms with E-state index in [1.54, 1.807) is 0 Å². The van der Waals surface area contributed by atoms with E-state index >= 15 is 0 Å². The number of hydrogen-bond donors (Lipinski definition) is 1. The molecule has 2 unspecified atom stereocenters. The van der Waals surface area contributed by atoms with Gasteiger partial charge < -0.3 is 10.1 Å². The summed E-state index contributed by atoms with van der Waals surface area (Å²) in [5.74, 6) is -1.95. The zero-order chi connectivity index (χ0) is 19.6. The Bertz CT molecular complexity index is 726. The lowest BCUT2D eigenvalue weighted by atomic mass is 9.81. The number of anilines is 1. The van der Waals surface area contributed by atoms with Gasteiger partial charge in [-0.05, 0) is 25.0 Å². The van der Waals surface area contributed by atoms with Gasteiger partial charge in [0.25, 0.3) is 0 Å². The molecule has 2 aliphatic rings. The Morgan fingerprint density at radius 2 is 1.78 bits per heavy atom. The quantitative estimate of drug-likeness (QED) is 0.792. The van der Waals surface area contributed by atoms with Gasteiger partial charge in [0.2, 0.25) is 17.7 Å². The van der Waals surface area contributed by atoms with Crippen LogP contribution in [0.15, 0.2) is 24.3 Å². The molecular weight excluding hydrogens is 365 g/mol. The molecule has 9 heteroatoms. The van der Waals surface area contributed by atoms with E-state index in [9.17, 15) is 27.6 Å². The monoisotopic (exact) mass is 384 g/mol. The summed E-state index contributed by atoms with van der Waals surface area (Å²) in [4.78, 5) is 37.9. The van der Waals surface area contributed by atoms with Crippen molar-refractivity contribution in [1.82, 2.24) is 4.90 Å². The number of carbonyl (C=O) groups is 3. The Hall–Kier alpha value is -2.58. The van der Waals surface area contributed by atoms with Crippen molar-refractivity contribution in [2.45, 2.75) is 31.9 Å². The van der Waals surface area contributed by atoms with Gasteiger partial charge in [-0.15, -0.1) is 0 Å². The number of alkyl halides is 3. The summed E-state index contributed by atoms with van der Waals surface area (Å²) in [6, 6.07) is 5.49. The van der Waals surface area contributed by atoms with Crippen LogP contribution in [0.25, 0.3) is 0 Å². The molecule has 0 aromatic heterocycles. The maximum atomic E-state index is 12.4. The third kappa shape index (κ3) is 4.58. The van der Waals surface area contributed by atoms with Gasteiger partial charge in [-0.25, -0.2) is 0 Å². The van der Waals surface area contributed by atoms with Crippen LogP contribution in [-0.4, -0.2) is 41.9 Å². The smallest absolute Gasteiger partial charge is 0.422 e. The number of halogens is 3. The van der Waals surface area contributed by atoms with Crippen LogP contribution >= 0.6 is 0 Å². The van der Waals surface area contributed by atoms with Crippen LogP contribution in [0.3, 0.4) is 0 Å². The van der Waals surface area contributed by atoms with Gasteiger partial charge in [0, 0.05) is 11.8 Å². The third-order valence-electron chi connectivity index (χ3n) is 4.75. The second-order valence-electron chi connectivity index (χ2n) is 6.74. The summed E-state index contributed by atoms with van der Waals surface area (Å²) in [5, 5.41) is 2.48. The summed E-state index contributed by atoms with van der Waals surface area (Å²) in [5.41, 5.74) is 0.219. The van der Waals surface area contributed by atoms with E-state index < -0.39 is 25.2 Å². The van der Waals surface area contributed by atoms with Crippen LogP contribution < -0.4 is 10.1 Å². The fraction of sp³-hybridized carbons (Fsp3) is 0.500. The van der Waals surface area contributed by atoms with Gasteiger partial charge in [-0.3, -0.25) is 19.3 Å². The van der Waals surface area contributed by atoms with E-state index in [4.69, 9.17) is 0 Å². The second kappa shape index (κ2) is 7.58. The van der Waals surface area contributed by atoms with Crippen LogP contribution in [-0.2, 0) is 14.4 Å². The van der Waals surface area contributed by atoms with E-state index in [2.05, 4.69) is 10.1 Å². The van der Waals surface area contributed by atoms with Gasteiger partial charge in [0.05, 0.1) is 11.8 Å². The molecule has 3 rings (SSSR count). The molecule has 0 radical (unpaired) electrons. The molecule has 0 bridgehead atoms.